The van der Waals surface area contributed by atoms with Crippen LogP contribution in [0.5, 0.6) is 0 Å². The van der Waals surface area contributed by atoms with Gasteiger partial charge in [0.25, 0.3) is 0 Å². The third-order valence-corrected chi connectivity index (χ3v) is 3.97. The van der Waals surface area contributed by atoms with Gasteiger partial charge in [0, 0.05) is 16.5 Å². The third-order valence-electron chi connectivity index (χ3n) is 3.97. The summed E-state index contributed by atoms with van der Waals surface area (Å²) < 4.78 is 0. The molecule has 126 valence electrons. The molecular formula is C17H13N9. The number of fused-ring (bicyclic) bond motifs is 2. The van der Waals surface area contributed by atoms with E-state index in [0.717, 1.165) is 27.5 Å². The van der Waals surface area contributed by atoms with Gasteiger partial charge in [-0.05, 0) is 30.3 Å². The highest BCUT2D eigenvalue weighted by molar-refractivity contribution is 5.91. The van der Waals surface area contributed by atoms with Crippen LogP contribution in [0.1, 0.15) is 0 Å². The van der Waals surface area contributed by atoms with Gasteiger partial charge in [-0.25, -0.2) is 0 Å². The molecule has 0 saturated heterocycles. The highest BCUT2D eigenvalue weighted by Crippen LogP contribution is 2.23. The Balaban J connectivity index is 1.41. The van der Waals surface area contributed by atoms with Gasteiger partial charge in [-0.3, -0.25) is 10.2 Å². The van der Waals surface area contributed by atoms with Crippen molar-refractivity contribution in [2.24, 2.45) is 0 Å². The van der Waals surface area contributed by atoms with Crippen LogP contribution in [0.2, 0.25) is 0 Å². The predicted molar refractivity (Wildman–Crippen MR) is 98.6 cm³/mol. The Hall–Kier alpha value is -4.01. The Morgan fingerprint density at radius 3 is 2.85 bits per heavy atom. The molecule has 26 heavy (non-hydrogen) atoms. The van der Waals surface area contributed by atoms with E-state index in [2.05, 4.69) is 46.2 Å². The average molecular weight is 343 g/mol. The molecule has 4 N–H and O–H groups in total. The molecular weight excluding hydrogens is 330 g/mol. The van der Waals surface area contributed by atoms with Gasteiger partial charge in [0.05, 0.1) is 23.4 Å². The SMILES string of the molecule is c1ccc2c(Nc3cnnc(Nc4ccc5cn[nH]c5c4)n3)n[nH]c2c1. The van der Waals surface area contributed by atoms with Crippen molar-refractivity contribution < 1.29 is 0 Å². The van der Waals surface area contributed by atoms with Crippen molar-refractivity contribution in [3.8, 4) is 0 Å². The topological polar surface area (TPSA) is 120 Å². The van der Waals surface area contributed by atoms with Crippen molar-refractivity contribution in [1.82, 2.24) is 35.6 Å². The van der Waals surface area contributed by atoms with E-state index in [1.807, 2.05) is 42.5 Å². The van der Waals surface area contributed by atoms with Crippen LogP contribution in [-0.4, -0.2) is 35.6 Å². The van der Waals surface area contributed by atoms with E-state index >= 15 is 0 Å². The Kier molecular flexibility index (Phi) is 3.21. The van der Waals surface area contributed by atoms with Gasteiger partial charge in [-0.1, -0.05) is 12.1 Å². The van der Waals surface area contributed by atoms with E-state index in [1.54, 1.807) is 12.4 Å². The van der Waals surface area contributed by atoms with Crippen LogP contribution < -0.4 is 10.6 Å². The zero-order chi connectivity index (χ0) is 17.3. The summed E-state index contributed by atoms with van der Waals surface area (Å²) in [5.74, 6) is 1.61. The summed E-state index contributed by atoms with van der Waals surface area (Å²) in [7, 11) is 0. The lowest BCUT2D eigenvalue weighted by atomic mass is 10.2. The zero-order valence-corrected chi connectivity index (χ0v) is 13.4. The van der Waals surface area contributed by atoms with Crippen molar-refractivity contribution in [1.29, 1.82) is 0 Å². The van der Waals surface area contributed by atoms with Crippen LogP contribution in [0.25, 0.3) is 21.8 Å². The number of rotatable bonds is 4. The molecule has 0 saturated carbocycles. The lowest BCUT2D eigenvalue weighted by molar-refractivity contribution is 0.980. The Labute approximate surface area is 146 Å². The summed E-state index contributed by atoms with van der Waals surface area (Å²) in [6.07, 6.45) is 3.32. The van der Waals surface area contributed by atoms with Gasteiger partial charge in [0.1, 0.15) is 0 Å². The highest BCUT2D eigenvalue weighted by Gasteiger charge is 2.08. The van der Waals surface area contributed by atoms with E-state index in [0.29, 0.717) is 17.6 Å². The Bertz CT molecular complexity index is 1210. The monoisotopic (exact) mass is 343 g/mol. The molecule has 0 aliphatic rings. The minimum absolute atomic E-state index is 0.383. The molecule has 9 heteroatoms. The fraction of sp³-hybridized carbons (Fsp3) is 0. The van der Waals surface area contributed by atoms with Gasteiger partial charge in [0.15, 0.2) is 11.6 Å². The molecule has 5 rings (SSSR count). The molecule has 0 atom stereocenters. The molecule has 0 unspecified atom stereocenters. The summed E-state index contributed by atoms with van der Waals surface area (Å²) in [6.45, 7) is 0. The maximum Gasteiger partial charge on any atom is 0.249 e. The standard InChI is InChI=1S/C17H13N9/c1-2-4-13-12(3-1)16(25-24-13)21-15-9-19-26-17(22-15)20-11-6-5-10-8-18-23-14(10)7-11/h1-9H,(H,18,23)(H3,20,21,22,24,25,26). The Morgan fingerprint density at radius 2 is 1.85 bits per heavy atom. The molecule has 0 radical (unpaired) electrons. The molecule has 0 bridgehead atoms. The summed E-state index contributed by atoms with van der Waals surface area (Å²) in [6, 6.07) is 13.7. The number of nitrogens with zero attached hydrogens (tertiary/aromatic N) is 5. The molecule has 0 aliphatic heterocycles. The molecule has 0 aliphatic carbocycles. The van der Waals surface area contributed by atoms with Crippen LogP contribution >= 0.6 is 0 Å². The molecule has 3 heterocycles. The van der Waals surface area contributed by atoms with Crippen molar-refractivity contribution in [3.63, 3.8) is 0 Å². The van der Waals surface area contributed by atoms with Crippen LogP contribution in [0.4, 0.5) is 23.3 Å². The van der Waals surface area contributed by atoms with Gasteiger partial charge >= 0.3 is 0 Å². The largest absolute Gasteiger partial charge is 0.323 e. The minimum Gasteiger partial charge on any atom is -0.323 e. The van der Waals surface area contributed by atoms with E-state index in [-0.39, 0.29) is 0 Å². The second kappa shape index (κ2) is 5.81. The fourth-order valence-corrected chi connectivity index (χ4v) is 2.74. The minimum atomic E-state index is 0.383. The third kappa shape index (κ3) is 2.57. The first-order valence-corrected chi connectivity index (χ1v) is 7.95. The van der Waals surface area contributed by atoms with E-state index in [1.165, 1.54) is 0 Å². The first-order chi connectivity index (χ1) is 12.8. The van der Waals surface area contributed by atoms with Crippen molar-refractivity contribution in [2.45, 2.75) is 0 Å². The van der Waals surface area contributed by atoms with Gasteiger partial charge in [-0.15, -0.1) is 5.10 Å². The maximum absolute atomic E-state index is 4.44. The fourth-order valence-electron chi connectivity index (χ4n) is 2.74. The van der Waals surface area contributed by atoms with Gasteiger partial charge in [-0.2, -0.15) is 20.3 Å². The summed E-state index contributed by atoms with van der Waals surface area (Å²) in [5.41, 5.74) is 2.72. The molecule has 3 aromatic heterocycles. The quantitative estimate of drug-likeness (QED) is 0.396. The van der Waals surface area contributed by atoms with E-state index < -0.39 is 0 Å². The molecule has 0 spiro atoms. The number of aromatic nitrogens is 7. The van der Waals surface area contributed by atoms with Crippen molar-refractivity contribution in [3.05, 3.63) is 54.9 Å². The zero-order valence-electron chi connectivity index (χ0n) is 13.4. The van der Waals surface area contributed by atoms with Crippen molar-refractivity contribution >= 4 is 45.1 Å². The molecule has 0 amide bonds. The van der Waals surface area contributed by atoms with Gasteiger partial charge in [0.2, 0.25) is 5.95 Å². The first-order valence-electron chi connectivity index (χ1n) is 7.95. The normalized spacial score (nSPS) is 11.1. The lowest BCUT2D eigenvalue weighted by Gasteiger charge is -2.06. The van der Waals surface area contributed by atoms with Crippen LogP contribution in [0.3, 0.4) is 0 Å². The predicted octanol–water partition coefficient (Wildman–Crippen LogP) is 3.11. The number of aromatic amines is 2. The number of H-pyrrole nitrogens is 2. The summed E-state index contributed by atoms with van der Waals surface area (Å²) in [5, 5.41) is 30.5. The van der Waals surface area contributed by atoms with Crippen molar-refractivity contribution in [2.75, 3.05) is 10.6 Å². The number of anilines is 4. The number of hydrogen-bond donors (Lipinski definition) is 4. The van der Waals surface area contributed by atoms with Crippen LogP contribution in [-0.2, 0) is 0 Å². The molecule has 5 aromatic rings. The van der Waals surface area contributed by atoms with Gasteiger partial charge < -0.3 is 10.6 Å². The summed E-state index contributed by atoms with van der Waals surface area (Å²) in [4.78, 5) is 4.44. The maximum atomic E-state index is 4.44. The van der Waals surface area contributed by atoms with Crippen LogP contribution in [0, 0.1) is 0 Å². The van der Waals surface area contributed by atoms with E-state index in [4.69, 9.17) is 0 Å². The average Bonchev–Trinajstić information content (AvgIpc) is 3.29. The second-order valence-electron chi connectivity index (χ2n) is 5.71. The second-order valence-corrected chi connectivity index (χ2v) is 5.71. The highest BCUT2D eigenvalue weighted by atomic mass is 15.3. The number of hydrogen-bond acceptors (Lipinski definition) is 7. The lowest BCUT2D eigenvalue weighted by Crippen LogP contribution is -2.02. The van der Waals surface area contributed by atoms with Crippen LogP contribution in [0.15, 0.2) is 54.9 Å². The molecule has 0 fully saturated rings. The number of para-hydroxylation sites is 1. The molecule has 9 nitrogen and oxygen atoms in total. The van der Waals surface area contributed by atoms with E-state index in [9.17, 15) is 0 Å². The smallest absolute Gasteiger partial charge is 0.249 e. The first kappa shape index (κ1) is 14.3. The summed E-state index contributed by atoms with van der Waals surface area (Å²) >= 11 is 0. The Morgan fingerprint density at radius 1 is 0.885 bits per heavy atom. The number of benzene rings is 2. The number of nitrogens with one attached hydrogen (secondary N) is 4. The molecule has 2 aromatic carbocycles.